The monoisotopic (exact) mass is 261 g/mol. The van der Waals surface area contributed by atoms with Crippen LogP contribution in [0.1, 0.15) is 11.1 Å². The molecule has 0 saturated heterocycles. The van der Waals surface area contributed by atoms with Crippen LogP contribution in [0.4, 0.5) is 0 Å². The van der Waals surface area contributed by atoms with E-state index in [1.165, 1.54) is 0 Å². The number of pyridine rings is 3. The van der Waals surface area contributed by atoms with Crippen molar-refractivity contribution in [2.45, 2.75) is 13.8 Å². The summed E-state index contributed by atoms with van der Waals surface area (Å²) < 4.78 is 0. The third-order valence-electron chi connectivity index (χ3n) is 3.15. The second-order valence-electron chi connectivity index (χ2n) is 4.84. The molecule has 0 aliphatic carbocycles. The predicted octanol–water partition coefficient (Wildman–Crippen LogP) is 3.82. The van der Waals surface area contributed by atoms with Crippen LogP contribution in [-0.2, 0) is 0 Å². The molecule has 0 unspecified atom stereocenters. The predicted molar refractivity (Wildman–Crippen MR) is 80.2 cm³/mol. The molecule has 0 fully saturated rings. The van der Waals surface area contributed by atoms with Gasteiger partial charge in [0, 0.05) is 24.2 Å². The van der Waals surface area contributed by atoms with E-state index in [0.29, 0.717) is 0 Å². The fraction of sp³-hybridized carbons (Fsp3) is 0.118. The first-order chi connectivity index (χ1) is 9.74. The van der Waals surface area contributed by atoms with Crippen LogP contribution in [0.15, 0.2) is 55.0 Å². The molecular weight excluding hydrogens is 246 g/mol. The Morgan fingerprint density at radius 1 is 0.700 bits per heavy atom. The Hall–Kier alpha value is -2.55. The molecule has 0 saturated carbocycles. The Balaban J connectivity index is 2.13. The van der Waals surface area contributed by atoms with E-state index in [2.05, 4.69) is 21.0 Å². The number of rotatable bonds is 2. The quantitative estimate of drug-likeness (QED) is 0.704. The minimum atomic E-state index is 0.865. The minimum Gasteiger partial charge on any atom is -0.256 e. The van der Waals surface area contributed by atoms with Gasteiger partial charge in [-0.05, 0) is 49.2 Å². The number of hydrogen-bond donors (Lipinski definition) is 0. The maximum Gasteiger partial charge on any atom is 0.0980 e. The molecular formula is C17H15N3. The van der Waals surface area contributed by atoms with Crippen molar-refractivity contribution in [2.24, 2.45) is 0 Å². The van der Waals surface area contributed by atoms with Crippen molar-refractivity contribution >= 4 is 0 Å². The molecule has 3 heteroatoms. The molecule has 98 valence electrons. The van der Waals surface area contributed by atoms with Gasteiger partial charge in [0.15, 0.2) is 0 Å². The van der Waals surface area contributed by atoms with E-state index in [4.69, 9.17) is 0 Å². The zero-order valence-corrected chi connectivity index (χ0v) is 11.5. The van der Waals surface area contributed by atoms with Gasteiger partial charge >= 0.3 is 0 Å². The second kappa shape index (κ2) is 5.21. The lowest BCUT2D eigenvalue weighted by atomic mass is 10.1. The van der Waals surface area contributed by atoms with Gasteiger partial charge in [0.2, 0.25) is 0 Å². The molecule has 3 rings (SSSR count). The van der Waals surface area contributed by atoms with E-state index in [9.17, 15) is 0 Å². The maximum absolute atomic E-state index is 4.48. The Morgan fingerprint density at radius 2 is 1.35 bits per heavy atom. The molecule has 3 aromatic rings. The fourth-order valence-corrected chi connectivity index (χ4v) is 2.05. The smallest absolute Gasteiger partial charge is 0.0980 e. The first-order valence-electron chi connectivity index (χ1n) is 6.55. The molecule has 0 atom stereocenters. The number of nitrogens with zero attached hydrogens (tertiary/aromatic N) is 3. The summed E-state index contributed by atoms with van der Waals surface area (Å²) in [5.41, 5.74) is 5.94. The maximum atomic E-state index is 4.48. The molecule has 0 aliphatic heterocycles. The van der Waals surface area contributed by atoms with Crippen LogP contribution >= 0.6 is 0 Å². The Labute approximate surface area is 118 Å². The van der Waals surface area contributed by atoms with Gasteiger partial charge in [-0.3, -0.25) is 15.0 Å². The summed E-state index contributed by atoms with van der Waals surface area (Å²) in [6.07, 6.45) is 5.51. The van der Waals surface area contributed by atoms with E-state index < -0.39 is 0 Å². The van der Waals surface area contributed by atoms with Gasteiger partial charge in [-0.2, -0.15) is 0 Å². The van der Waals surface area contributed by atoms with Crippen molar-refractivity contribution in [3.05, 3.63) is 66.1 Å². The Morgan fingerprint density at radius 3 is 1.95 bits per heavy atom. The van der Waals surface area contributed by atoms with Crippen LogP contribution in [0.3, 0.4) is 0 Å². The van der Waals surface area contributed by atoms with E-state index in [1.54, 1.807) is 6.20 Å². The lowest BCUT2D eigenvalue weighted by Crippen LogP contribution is -1.93. The summed E-state index contributed by atoms with van der Waals surface area (Å²) in [7, 11) is 0. The van der Waals surface area contributed by atoms with Gasteiger partial charge in [0.1, 0.15) is 0 Å². The molecule has 3 heterocycles. The SMILES string of the molecule is Cc1ccc(-c2cccnc2-c2ccc(C)cn2)nc1. The third kappa shape index (κ3) is 2.43. The van der Waals surface area contributed by atoms with Gasteiger partial charge in [-0.15, -0.1) is 0 Å². The Kier molecular flexibility index (Phi) is 3.25. The van der Waals surface area contributed by atoms with Gasteiger partial charge in [-0.1, -0.05) is 12.1 Å². The van der Waals surface area contributed by atoms with E-state index >= 15 is 0 Å². The highest BCUT2D eigenvalue weighted by atomic mass is 14.8. The van der Waals surface area contributed by atoms with Gasteiger partial charge < -0.3 is 0 Å². The molecule has 0 radical (unpaired) electrons. The zero-order valence-electron chi connectivity index (χ0n) is 11.5. The van der Waals surface area contributed by atoms with Crippen molar-refractivity contribution in [1.82, 2.24) is 15.0 Å². The molecule has 0 aliphatic rings. The van der Waals surface area contributed by atoms with Crippen molar-refractivity contribution in [3.63, 3.8) is 0 Å². The normalized spacial score (nSPS) is 10.5. The number of aromatic nitrogens is 3. The molecule has 0 aromatic carbocycles. The summed E-state index contributed by atoms with van der Waals surface area (Å²) in [6, 6.07) is 12.1. The molecule has 3 aromatic heterocycles. The minimum absolute atomic E-state index is 0.865. The zero-order chi connectivity index (χ0) is 13.9. The van der Waals surface area contributed by atoms with Crippen molar-refractivity contribution < 1.29 is 0 Å². The number of hydrogen-bond acceptors (Lipinski definition) is 3. The highest BCUT2D eigenvalue weighted by molar-refractivity contribution is 5.76. The molecule has 0 N–H and O–H groups in total. The fourth-order valence-electron chi connectivity index (χ4n) is 2.05. The van der Waals surface area contributed by atoms with Crippen LogP contribution in [0.2, 0.25) is 0 Å². The first kappa shape index (κ1) is 12.5. The lowest BCUT2D eigenvalue weighted by Gasteiger charge is -2.08. The average Bonchev–Trinajstić information content (AvgIpc) is 2.49. The van der Waals surface area contributed by atoms with Crippen LogP contribution in [0.5, 0.6) is 0 Å². The second-order valence-corrected chi connectivity index (χ2v) is 4.84. The van der Waals surface area contributed by atoms with E-state index in [1.807, 2.05) is 56.6 Å². The molecule has 0 spiro atoms. The lowest BCUT2D eigenvalue weighted by molar-refractivity contribution is 1.21. The highest BCUT2D eigenvalue weighted by Gasteiger charge is 2.10. The summed E-state index contributed by atoms with van der Waals surface area (Å²) in [6.45, 7) is 4.06. The molecule has 0 amide bonds. The standard InChI is InChI=1S/C17H15N3/c1-12-5-7-15(19-10-12)14-4-3-9-18-17(14)16-8-6-13(2)11-20-16/h3-11H,1-2H3. The van der Waals surface area contributed by atoms with E-state index in [0.717, 1.165) is 33.8 Å². The number of aryl methyl sites for hydroxylation is 2. The van der Waals surface area contributed by atoms with Crippen molar-refractivity contribution in [1.29, 1.82) is 0 Å². The van der Waals surface area contributed by atoms with Crippen LogP contribution in [-0.4, -0.2) is 15.0 Å². The largest absolute Gasteiger partial charge is 0.256 e. The van der Waals surface area contributed by atoms with Crippen LogP contribution in [0, 0.1) is 13.8 Å². The summed E-state index contributed by atoms with van der Waals surface area (Å²) in [5.74, 6) is 0. The van der Waals surface area contributed by atoms with Crippen molar-refractivity contribution in [3.8, 4) is 22.6 Å². The van der Waals surface area contributed by atoms with Gasteiger partial charge in [-0.25, -0.2) is 0 Å². The van der Waals surface area contributed by atoms with Gasteiger partial charge in [0.25, 0.3) is 0 Å². The molecule has 20 heavy (non-hydrogen) atoms. The van der Waals surface area contributed by atoms with Gasteiger partial charge in [0.05, 0.1) is 17.1 Å². The average molecular weight is 261 g/mol. The Bertz CT molecular complexity index is 651. The molecule has 3 nitrogen and oxygen atoms in total. The summed E-state index contributed by atoms with van der Waals surface area (Å²) in [5, 5.41) is 0. The topological polar surface area (TPSA) is 38.7 Å². The van der Waals surface area contributed by atoms with Crippen LogP contribution < -0.4 is 0 Å². The first-order valence-corrected chi connectivity index (χ1v) is 6.55. The van der Waals surface area contributed by atoms with E-state index in [-0.39, 0.29) is 0 Å². The van der Waals surface area contributed by atoms with Crippen LogP contribution in [0.25, 0.3) is 22.6 Å². The molecule has 0 bridgehead atoms. The van der Waals surface area contributed by atoms with Crippen molar-refractivity contribution in [2.75, 3.05) is 0 Å². The summed E-state index contributed by atoms with van der Waals surface area (Å²) in [4.78, 5) is 13.4. The summed E-state index contributed by atoms with van der Waals surface area (Å²) >= 11 is 0. The highest BCUT2D eigenvalue weighted by Crippen LogP contribution is 2.27. The third-order valence-corrected chi connectivity index (χ3v) is 3.15.